The van der Waals surface area contributed by atoms with Crippen LogP contribution in [0.1, 0.15) is 6.42 Å². The van der Waals surface area contributed by atoms with Crippen molar-refractivity contribution in [3.63, 3.8) is 0 Å². The Morgan fingerprint density at radius 1 is 1.20 bits per heavy atom. The highest BCUT2D eigenvalue weighted by molar-refractivity contribution is 6.17. The fraction of sp³-hybridized carbons (Fsp3) is 0.214. The Morgan fingerprint density at radius 2 is 2.00 bits per heavy atom. The molecule has 0 bridgehead atoms. The molecule has 3 rings (SSSR count). The van der Waals surface area contributed by atoms with Gasteiger partial charge in [-0.15, -0.1) is 11.6 Å². The van der Waals surface area contributed by atoms with E-state index in [1.807, 2.05) is 30.5 Å². The molecule has 20 heavy (non-hydrogen) atoms. The van der Waals surface area contributed by atoms with Crippen LogP contribution >= 0.6 is 11.6 Å². The van der Waals surface area contributed by atoms with Crippen molar-refractivity contribution in [2.75, 3.05) is 5.88 Å². The summed E-state index contributed by atoms with van der Waals surface area (Å²) in [7, 11) is 0. The van der Waals surface area contributed by atoms with Crippen LogP contribution in [-0.4, -0.2) is 25.2 Å². The molecule has 0 spiro atoms. The molecule has 0 saturated carbocycles. The van der Waals surface area contributed by atoms with Gasteiger partial charge in [0.15, 0.2) is 5.82 Å². The summed E-state index contributed by atoms with van der Waals surface area (Å²) in [6, 6.07) is 7.46. The molecule has 0 aliphatic carbocycles. The first-order valence-corrected chi connectivity index (χ1v) is 6.89. The SMILES string of the molecule is O=c1c2ccccc2c(-n2ccnc2)nn1CCCCl. The van der Waals surface area contributed by atoms with Crippen LogP contribution in [-0.2, 0) is 6.54 Å². The standard InChI is InChI=1S/C14H13ClN4O/c15-6-3-8-19-14(20)12-5-2-1-4-11(12)13(17-19)18-9-7-16-10-18/h1-2,4-5,7,9-10H,3,6,8H2. The van der Waals surface area contributed by atoms with Gasteiger partial charge in [-0.25, -0.2) is 9.67 Å². The summed E-state index contributed by atoms with van der Waals surface area (Å²) in [4.78, 5) is 16.4. The molecule has 0 aliphatic heterocycles. The second-order valence-corrected chi connectivity index (χ2v) is 4.79. The van der Waals surface area contributed by atoms with Gasteiger partial charge in [0.25, 0.3) is 5.56 Å². The van der Waals surface area contributed by atoms with Gasteiger partial charge >= 0.3 is 0 Å². The van der Waals surface area contributed by atoms with Crippen LogP contribution in [0.4, 0.5) is 0 Å². The van der Waals surface area contributed by atoms with Crippen molar-refractivity contribution < 1.29 is 0 Å². The molecule has 3 aromatic rings. The molecule has 0 atom stereocenters. The smallest absolute Gasteiger partial charge is 0.274 e. The molecule has 1 aromatic carbocycles. The molecule has 0 saturated heterocycles. The summed E-state index contributed by atoms with van der Waals surface area (Å²) >= 11 is 5.70. The average molecular weight is 289 g/mol. The third-order valence-corrected chi connectivity index (χ3v) is 3.37. The van der Waals surface area contributed by atoms with E-state index in [1.165, 1.54) is 4.68 Å². The predicted molar refractivity (Wildman–Crippen MR) is 78.5 cm³/mol. The van der Waals surface area contributed by atoms with Gasteiger partial charge < -0.3 is 0 Å². The number of hydrogen-bond acceptors (Lipinski definition) is 3. The molecule has 0 unspecified atom stereocenters. The lowest BCUT2D eigenvalue weighted by molar-refractivity contribution is 0.570. The summed E-state index contributed by atoms with van der Waals surface area (Å²) < 4.78 is 3.28. The van der Waals surface area contributed by atoms with Crippen molar-refractivity contribution in [3.05, 3.63) is 53.3 Å². The van der Waals surface area contributed by atoms with Crippen LogP contribution in [0, 0.1) is 0 Å². The Labute approximate surface area is 120 Å². The van der Waals surface area contributed by atoms with Gasteiger partial charge in [-0.1, -0.05) is 18.2 Å². The molecule has 6 heteroatoms. The van der Waals surface area contributed by atoms with Crippen LogP contribution in [0.5, 0.6) is 0 Å². The number of aryl methyl sites for hydroxylation is 1. The molecule has 0 amide bonds. The lowest BCUT2D eigenvalue weighted by Crippen LogP contribution is -2.25. The zero-order valence-corrected chi connectivity index (χ0v) is 11.5. The molecule has 0 N–H and O–H groups in total. The average Bonchev–Trinajstić information content (AvgIpc) is 3.01. The number of alkyl halides is 1. The van der Waals surface area contributed by atoms with Crippen molar-refractivity contribution in [3.8, 4) is 5.82 Å². The quantitative estimate of drug-likeness (QED) is 0.692. The Morgan fingerprint density at radius 3 is 2.70 bits per heavy atom. The number of fused-ring (bicyclic) bond motifs is 1. The summed E-state index contributed by atoms with van der Waals surface area (Å²) in [6.07, 6.45) is 5.87. The van der Waals surface area contributed by atoms with Gasteiger partial charge in [0.1, 0.15) is 6.33 Å². The number of hydrogen-bond donors (Lipinski definition) is 0. The number of benzene rings is 1. The largest absolute Gasteiger partial charge is 0.289 e. The third kappa shape index (κ3) is 2.20. The normalized spacial score (nSPS) is 11.1. The first-order chi connectivity index (χ1) is 9.81. The summed E-state index contributed by atoms with van der Waals surface area (Å²) in [5.74, 6) is 1.20. The number of rotatable bonds is 4. The highest BCUT2D eigenvalue weighted by Crippen LogP contribution is 2.16. The minimum absolute atomic E-state index is 0.0884. The van der Waals surface area contributed by atoms with E-state index in [0.717, 1.165) is 5.39 Å². The lowest BCUT2D eigenvalue weighted by atomic mass is 10.2. The van der Waals surface area contributed by atoms with Crippen molar-refractivity contribution in [1.29, 1.82) is 0 Å². The van der Waals surface area contributed by atoms with E-state index in [0.29, 0.717) is 30.0 Å². The van der Waals surface area contributed by atoms with E-state index in [9.17, 15) is 4.79 Å². The van der Waals surface area contributed by atoms with Crippen LogP contribution in [0.15, 0.2) is 47.8 Å². The molecular weight excluding hydrogens is 276 g/mol. The summed E-state index contributed by atoms with van der Waals surface area (Å²) in [5, 5.41) is 5.92. The second kappa shape index (κ2) is 5.46. The zero-order valence-electron chi connectivity index (χ0n) is 10.7. The number of nitrogens with zero attached hydrogens (tertiary/aromatic N) is 4. The van der Waals surface area contributed by atoms with Crippen LogP contribution in [0.3, 0.4) is 0 Å². The van der Waals surface area contributed by atoms with E-state index >= 15 is 0 Å². The summed E-state index contributed by atoms with van der Waals surface area (Å²) in [5.41, 5.74) is -0.0884. The number of imidazole rings is 1. The van der Waals surface area contributed by atoms with Gasteiger partial charge in [0.05, 0.1) is 5.39 Å². The van der Waals surface area contributed by atoms with Gasteiger partial charge in [-0.2, -0.15) is 5.10 Å². The maximum Gasteiger partial charge on any atom is 0.274 e. The third-order valence-electron chi connectivity index (χ3n) is 3.10. The van der Waals surface area contributed by atoms with Gasteiger partial charge in [0, 0.05) is 30.2 Å². The topological polar surface area (TPSA) is 52.7 Å². The van der Waals surface area contributed by atoms with E-state index in [1.54, 1.807) is 17.1 Å². The first-order valence-electron chi connectivity index (χ1n) is 6.35. The zero-order chi connectivity index (χ0) is 13.9. The van der Waals surface area contributed by atoms with Crippen LogP contribution in [0.2, 0.25) is 0 Å². The van der Waals surface area contributed by atoms with Gasteiger partial charge in [-0.05, 0) is 12.5 Å². The highest BCUT2D eigenvalue weighted by atomic mass is 35.5. The van der Waals surface area contributed by atoms with E-state index in [4.69, 9.17) is 11.6 Å². The van der Waals surface area contributed by atoms with Crippen molar-refractivity contribution in [2.45, 2.75) is 13.0 Å². The molecule has 2 aromatic heterocycles. The fourth-order valence-electron chi connectivity index (χ4n) is 2.15. The molecular formula is C14H13ClN4O. The molecule has 0 fully saturated rings. The Bertz CT molecular complexity index is 779. The maximum atomic E-state index is 12.4. The van der Waals surface area contributed by atoms with Crippen LogP contribution in [0.25, 0.3) is 16.6 Å². The molecule has 2 heterocycles. The Balaban J connectivity index is 2.27. The Hall–Kier alpha value is -2.14. The minimum Gasteiger partial charge on any atom is -0.289 e. The van der Waals surface area contributed by atoms with E-state index < -0.39 is 0 Å². The monoisotopic (exact) mass is 288 g/mol. The van der Waals surface area contributed by atoms with Crippen molar-refractivity contribution in [1.82, 2.24) is 19.3 Å². The predicted octanol–water partition coefficient (Wildman–Crippen LogP) is 2.21. The highest BCUT2D eigenvalue weighted by Gasteiger charge is 2.11. The lowest BCUT2D eigenvalue weighted by Gasteiger charge is -2.10. The first kappa shape index (κ1) is 12.9. The molecule has 0 radical (unpaired) electrons. The second-order valence-electron chi connectivity index (χ2n) is 4.41. The van der Waals surface area contributed by atoms with Gasteiger partial charge in [0.2, 0.25) is 0 Å². The molecule has 0 aliphatic rings. The molecule has 5 nitrogen and oxygen atoms in total. The van der Waals surface area contributed by atoms with Crippen molar-refractivity contribution >= 4 is 22.4 Å². The molecule has 102 valence electrons. The Kier molecular flexibility index (Phi) is 3.52. The number of aromatic nitrogens is 4. The minimum atomic E-state index is -0.0884. The van der Waals surface area contributed by atoms with E-state index in [-0.39, 0.29) is 5.56 Å². The van der Waals surface area contributed by atoms with Gasteiger partial charge in [-0.3, -0.25) is 9.36 Å². The summed E-state index contributed by atoms with van der Waals surface area (Å²) in [6.45, 7) is 0.509. The maximum absolute atomic E-state index is 12.4. The van der Waals surface area contributed by atoms with Crippen LogP contribution < -0.4 is 5.56 Å². The fourth-order valence-corrected chi connectivity index (χ4v) is 2.27. The van der Waals surface area contributed by atoms with E-state index in [2.05, 4.69) is 10.1 Å². The number of halogens is 1. The van der Waals surface area contributed by atoms with Crippen molar-refractivity contribution in [2.24, 2.45) is 0 Å².